The number of rotatable bonds is 5. The topological polar surface area (TPSA) is 31.4 Å². The average molecular weight is 356 g/mol. The summed E-state index contributed by atoms with van der Waals surface area (Å²) in [6.45, 7) is 4.43. The molecule has 1 aromatic heterocycles. The van der Waals surface area contributed by atoms with Crippen molar-refractivity contribution in [1.29, 1.82) is 0 Å². The molecule has 1 heterocycles. The quantitative estimate of drug-likeness (QED) is 0.544. The minimum Gasteiger partial charge on any atom is -0.497 e. The highest BCUT2D eigenvalue weighted by molar-refractivity contribution is 6.34. The summed E-state index contributed by atoms with van der Waals surface area (Å²) in [5.41, 5.74) is 3.03. The lowest BCUT2D eigenvalue weighted by Crippen LogP contribution is -1.97. The molecule has 0 spiro atoms. The number of fused-ring (bicyclic) bond motifs is 1. The van der Waals surface area contributed by atoms with E-state index in [4.69, 9.17) is 21.1 Å². The molecular formula is C21H22ClNO2. The molecule has 0 aliphatic rings. The van der Waals surface area contributed by atoms with Gasteiger partial charge in [0.25, 0.3) is 0 Å². The summed E-state index contributed by atoms with van der Waals surface area (Å²) in [5.74, 6) is 2.09. The number of pyridine rings is 1. The van der Waals surface area contributed by atoms with Crippen LogP contribution in [0.4, 0.5) is 0 Å². The van der Waals surface area contributed by atoms with Gasteiger partial charge in [0.2, 0.25) is 0 Å². The van der Waals surface area contributed by atoms with Gasteiger partial charge in [-0.3, -0.25) is 0 Å². The molecule has 0 radical (unpaired) electrons. The molecule has 3 rings (SSSR count). The molecule has 0 N–H and O–H groups in total. The monoisotopic (exact) mass is 355 g/mol. The van der Waals surface area contributed by atoms with Gasteiger partial charge in [-0.15, -0.1) is 0 Å². The molecule has 25 heavy (non-hydrogen) atoms. The maximum absolute atomic E-state index is 6.43. The third-order valence-corrected chi connectivity index (χ3v) is 4.48. The second-order valence-electron chi connectivity index (χ2n) is 6.49. The molecular weight excluding hydrogens is 334 g/mol. The smallest absolute Gasteiger partial charge is 0.153 e. The third-order valence-electron chi connectivity index (χ3n) is 4.19. The lowest BCUT2D eigenvalue weighted by Gasteiger charge is -2.14. The lowest BCUT2D eigenvalue weighted by molar-refractivity contribution is 0.412. The van der Waals surface area contributed by atoms with Gasteiger partial charge in [-0.2, -0.15) is 0 Å². The summed E-state index contributed by atoms with van der Waals surface area (Å²) >= 11 is 6.43. The van der Waals surface area contributed by atoms with Gasteiger partial charge in [0, 0.05) is 16.3 Å². The van der Waals surface area contributed by atoms with Crippen molar-refractivity contribution in [2.45, 2.75) is 20.3 Å². The van der Waals surface area contributed by atoms with Crippen LogP contribution < -0.4 is 9.47 Å². The minimum absolute atomic E-state index is 0.458. The Balaban J connectivity index is 2.15. The fourth-order valence-electron chi connectivity index (χ4n) is 3.03. The molecule has 0 unspecified atom stereocenters. The number of ether oxygens (including phenoxy) is 2. The van der Waals surface area contributed by atoms with E-state index in [9.17, 15) is 0 Å². The summed E-state index contributed by atoms with van der Waals surface area (Å²) in [6.07, 6.45) is 1.06. The van der Waals surface area contributed by atoms with Crippen molar-refractivity contribution in [1.82, 2.24) is 4.98 Å². The van der Waals surface area contributed by atoms with Crippen molar-refractivity contribution < 1.29 is 9.47 Å². The van der Waals surface area contributed by atoms with E-state index in [0.717, 1.165) is 34.2 Å². The second kappa shape index (κ2) is 7.32. The number of methoxy groups -OCH3 is 2. The number of aromatic nitrogens is 1. The first-order valence-corrected chi connectivity index (χ1v) is 8.71. The maximum atomic E-state index is 6.43. The zero-order chi connectivity index (χ0) is 18.0. The van der Waals surface area contributed by atoms with Crippen LogP contribution in [0.2, 0.25) is 5.15 Å². The predicted octanol–water partition coefficient (Wildman–Crippen LogP) is 5.77. The lowest BCUT2D eigenvalue weighted by atomic mass is 10.00. The molecule has 0 bridgehead atoms. The van der Waals surface area contributed by atoms with Crippen molar-refractivity contribution >= 4 is 22.4 Å². The van der Waals surface area contributed by atoms with Gasteiger partial charge in [-0.1, -0.05) is 49.7 Å². The molecule has 0 aliphatic carbocycles. The summed E-state index contributed by atoms with van der Waals surface area (Å²) in [4.78, 5) is 4.59. The fraction of sp³-hybridized carbons (Fsp3) is 0.286. The van der Waals surface area contributed by atoms with Crippen LogP contribution in [0.5, 0.6) is 11.5 Å². The van der Waals surface area contributed by atoms with Crippen molar-refractivity contribution in [2.24, 2.45) is 5.92 Å². The molecule has 3 aromatic rings. The first-order valence-electron chi connectivity index (χ1n) is 8.34. The Bertz CT molecular complexity index is 889. The van der Waals surface area contributed by atoms with Crippen LogP contribution >= 0.6 is 11.6 Å². The normalized spacial score (nSPS) is 11.1. The van der Waals surface area contributed by atoms with Crippen LogP contribution in [-0.2, 0) is 6.42 Å². The number of benzene rings is 2. The molecule has 0 saturated carbocycles. The highest BCUT2D eigenvalue weighted by Crippen LogP contribution is 2.39. The summed E-state index contributed by atoms with van der Waals surface area (Å²) in [6, 6.07) is 14.1. The van der Waals surface area contributed by atoms with Gasteiger partial charge >= 0.3 is 0 Å². The Morgan fingerprint density at radius 2 is 1.68 bits per heavy atom. The van der Waals surface area contributed by atoms with Crippen molar-refractivity contribution in [3.05, 3.63) is 53.2 Å². The summed E-state index contributed by atoms with van der Waals surface area (Å²) < 4.78 is 11.0. The molecule has 3 nitrogen and oxygen atoms in total. The average Bonchev–Trinajstić information content (AvgIpc) is 2.61. The van der Waals surface area contributed by atoms with Gasteiger partial charge in [0.15, 0.2) is 5.75 Å². The van der Waals surface area contributed by atoms with Crippen molar-refractivity contribution in [3.63, 3.8) is 0 Å². The zero-order valence-corrected chi connectivity index (χ0v) is 15.7. The Morgan fingerprint density at radius 3 is 2.28 bits per heavy atom. The van der Waals surface area contributed by atoms with Gasteiger partial charge in [-0.05, 0) is 36.1 Å². The highest BCUT2D eigenvalue weighted by atomic mass is 35.5. The van der Waals surface area contributed by atoms with Crippen LogP contribution in [0.15, 0.2) is 42.5 Å². The van der Waals surface area contributed by atoms with E-state index in [1.54, 1.807) is 14.2 Å². The van der Waals surface area contributed by atoms with E-state index in [2.05, 4.69) is 43.1 Å². The highest BCUT2D eigenvalue weighted by Gasteiger charge is 2.16. The van der Waals surface area contributed by atoms with E-state index in [0.29, 0.717) is 16.8 Å². The zero-order valence-electron chi connectivity index (χ0n) is 15.0. The standard InChI is InChI=1S/C21H22ClNO2/c1-13(2)11-14-5-7-15(8-6-14)19-20(25-4)18-12-16(24-3)9-10-17(18)21(22)23-19/h5-10,12-13H,11H2,1-4H3. The molecule has 0 amide bonds. The number of nitrogens with zero attached hydrogens (tertiary/aromatic N) is 1. The van der Waals surface area contributed by atoms with Crippen LogP contribution in [0.3, 0.4) is 0 Å². The SMILES string of the molecule is COc1ccc2c(Cl)nc(-c3ccc(CC(C)C)cc3)c(OC)c2c1. The Hall–Kier alpha value is -2.26. The van der Waals surface area contributed by atoms with Gasteiger partial charge < -0.3 is 9.47 Å². The molecule has 130 valence electrons. The van der Waals surface area contributed by atoms with Crippen LogP contribution in [0.25, 0.3) is 22.0 Å². The van der Waals surface area contributed by atoms with Crippen molar-refractivity contribution in [3.8, 4) is 22.8 Å². The van der Waals surface area contributed by atoms with Gasteiger partial charge in [0.1, 0.15) is 16.6 Å². The van der Waals surface area contributed by atoms with E-state index in [-0.39, 0.29) is 0 Å². The number of hydrogen-bond donors (Lipinski definition) is 0. The molecule has 2 aromatic carbocycles. The van der Waals surface area contributed by atoms with Gasteiger partial charge in [0.05, 0.1) is 14.2 Å². The molecule has 0 aliphatic heterocycles. The maximum Gasteiger partial charge on any atom is 0.153 e. The largest absolute Gasteiger partial charge is 0.497 e. The predicted molar refractivity (Wildman–Crippen MR) is 104 cm³/mol. The number of hydrogen-bond acceptors (Lipinski definition) is 3. The molecule has 4 heteroatoms. The van der Waals surface area contributed by atoms with Crippen molar-refractivity contribution in [2.75, 3.05) is 14.2 Å². The van der Waals surface area contributed by atoms with E-state index < -0.39 is 0 Å². The first kappa shape index (κ1) is 17.6. The Kier molecular flexibility index (Phi) is 5.14. The van der Waals surface area contributed by atoms with Crippen LogP contribution in [0, 0.1) is 5.92 Å². The molecule has 0 saturated heterocycles. The van der Waals surface area contributed by atoms with E-state index >= 15 is 0 Å². The molecule has 0 fully saturated rings. The molecule has 0 atom stereocenters. The van der Waals surface area contributed by atoms with Gasteiger partial charge in [-0.25, -0.2) is 4.98 Å². The van der Waals surface area contributed by atoms with E-state index in [1.165, 1.54) is 5.56 Å². The second-order valence-corrected chi connectivity index (χ2v) is 6.85. The summed E-state index contributed by atoms with van der Waals surface area (Å²) in [5, 5.41) is 2.20. The van der Waals surface area contributed by atoms with Crippen LogP contribution in [0.1, 0.15) is 19.4 Å². The fourth-order valence-corrected chi connectivity index (χ4v) is 3.28. The summed E-state index contributed by atoms with van der Waals surface area (Å²) in [7, 11) is 3.30. The minimum atomic E-state index is 0.458. The first-order chi connectivity index (χ1) is 12.0. The van der Waals surface area contributed by atoms with E-state index in [1.807, 2.05) is 18.2 Å². The Labute approximate surface area is 153 Å². The van der Waals surface area contributed by atoms with Crippen LogP contribution in [-0.4, -0.2) is 19.2 Å². The number of halogens is 1. The Morgan fingerprint density at radius 1 is 0.960 bits per heavy atom. The third kappa shape index (κ3) is 3.57.